The largest absolute Gasteiger partial charge is 0.497 e. The number of methoxy groups -OCH3 is 1. The Labute approximate surface area is 169 Å². The number of halogens is 1. The van der Waals surface area contributed by atoms with Crippen LogP contribution in [0.25, 0.3) is 11.0 Å². The van der Waals surface area contributed by atoms with Gasteiger partial charge in [-0.05, 0) is 42.0 Å². The number of ether oxygens (including phenoxy) is 2. The zero-order chi connectivity index (χ0) is 19.3. The number of hydrogen-bond donors (Lipinski definition) is 0. The lowest BCUT2D eigenvalue weighted by atomic mass is 10.1. The standard InChI is InChI=1S/C23H21ClN2O2/c1-27-18-12-10-17(11-13-18)16-23-25-20-7-3-4-8-21(20)26(23)14-15-28-22-9-5-2-6-19(22)24/h2-13H,14-16H2,1H3. The molecule has 0 N–H and O–H groups in total. The first-order valence-corrected chi connectivity index (χ1v) is 9.57. The first-order chi connectivity index (χ1) is 13.7. The minimum Gasteiger partial charge on any atom is -0.497 e. The van der Waals surface area contributed by atoms with Crippen molar-refractivity contribution in [2.45, 2.75) is 13.0 Å². The lowest BCUT2D eigenvalue weighted by Crippen LogP contribution is -2.11. The molecular formula is C23H21ClN2O2. The van der Waals surface area contributed by atoms with Gasteiger partial charge >= 0.3 is 0 Å². The van der Waals surface area contributed by atoms with Crippen LogP contribution in [0.3, 0.4) is 0 Å². The SMILES string of the molecule is COc1ccc(Cc2nc3ccccc3n2CCOc2ccccc2Cl)cc1. The molecule has 0 fully saturated rings. The molecule has 3 aromatic carbocycles. The average molecular weight is 393 g/mol. The predicted octanol–water partition coefficient (Wildman–Crippen LogP) is 5.37. The van der Waals surface area contributed by atoms with Gasteiger partial charge in [-0.1, -0.05) is 48.0 Å². The van der Waals surface area contributed by atoms with E-state index in [4.69, 9.17) is 26.1 Å². The minimum absolute atomic E-state index is 0.514. The van der Waals surface area contributed by atoms with Crippen molar-refractivity contribution in [1.29, 1.82) is 0 Å². The van der Waals surface area contributed by atoms with E-state index in [2.05, 4.69) is 22.8 Å². The molecule has 0 unspecified atom stereocenters. The van der Waals surface area contributed by atoms with E-state index in [0.29, 0.717) is 23.9 Å². The molecule has 0 atom stereocenters. The molecule has 0 saturated carbocycles. The van der Waals surface area contributed by atoms with Crippen LogP contribution in [0.4, 0.5) is 0 Å². The highest BCUT2D eigenvalue weighted by Gasteiger charge is 2.12. The molecule has 0 saturated heterocycles. The molecule has 0 aliphatic heterocycles. The molecular weight excluding hydrogens is 372 g/mol. The van der Waals surface area contributed by atoms with E-state index >= 15 is 0 Å². The van der Waals surface area contributed by atoms with Crippen molar-refractivity contribution in [1.82, 2.24) is 9.55 Å². The second kappa shape index (κ2) is 8.36. The summed E-state index contributed by atoms with van der Waals surface area (Å²) in [6.45, 7) is 1.21. The van der Waals surface area contributed by atoms with Crippen molar-refractivity contribution >= 4 is 22.6 Å². The van der Waals surface area contributed by atoms with Gasteiger partial charge in [-0.15, -0.1) is 0 Å². The molecule has 142 valence electrons. The van der Waals surface area contributed by atoms with Crippen LogP contribution in [0, 0.1) is 0 Å². The summed E-state index contributed by atoms with van der Waals surface area (Å²) in [5, 5.41) is 0.622. The normalized spacial score (nSPS) is 10.9. The highest BCUT2D eigenvalue weighted by atomic mass is 35.5. The van der Waals surface area contributed by atoms with Gasteiger partial charge in [-0.25, -0.2) is 4.98 Å². The fourth-order valence-corrected chi connectivity index (χ4v) is 3.43. The van der Waals surface area contributed by atoms with Crippen LogP contribution in [0.1, 0.15) is 11.4 Å². The van der Waals surface area contributed by atoms with E-state index in [1.54, 1.807) is 7.11 Å². The molecule has 4 nitrogen and oxygen atoms in total. The molecule has 0 amide bonds. The second-order valence-corrected chi connectivity index (χ2v) is 6.88. The van der Waals surface area contributed by atoms with Crippen molar-refractivity contribution in [2.75, 3.05) is 13.7 Å². The molecule has 5 heteroatoms. The van der Waals surface area contributed by atoms with Crippen LogP contribution >= 0.6 is 11.6 Å². The number of para-hydroxylation sites is 3. The van der Waals surface area contributed by atoms with Crippen LogP contribution in [-0.2, 0) is 13.0 Å². The Hall–Kier alpha value is -2.98. The third-order valence-electron chi connectivity index (χ3n) is 4.66. The topological polar surface area (TPSA) is 36.3 Å². The minimum atomic E-state index is 0.514. The van der Waals surface area contributed by atoms with Gasteiger partial charge in [0.25, 0.3) is 0 Å². The average Bonchev–Trinajstić information content (AvgIpc) is 3.07. The monoisotopic (exact) mass is 392 g/mol. The van der Waals surface area contributed by atoms with Crippen LogP contribution < -0.4 is 9.47 Å². The molecule has 0 spiro atoms. The van der Waals surface area contributed by atoms with Crippen molar-refractivity contribution < 1.29 is 9.47 Å². The summed E-state index contributed by atoms with van der Waals surface area (Å²) in [5.41, 5.74) is 3.28. The van der Waals surface area contributed by atoms with Crippen LogP contribution in [0.2, 0.25) is 5.02 Å². The van der Waals surface area contributed by atoms with Crippen molar-refractivity contribution in [3.05, 3.63) is 89.2 Å². The quantitative estimate of drug-likeness (QED) is 0.424. The maximum Gasteiger partial charge on any atom is 0.137 e. The Bertz CT molecular complexity index is 1070. The molecule has 0 bridgehead atoms. The summed E-state index contributed by atoms with van der Waals surface area (Å²) in [4.78, 5) is 4.84. The number of fused-ring (bicyclic) bond motifs is 1. The Morgan fingerprint density at radius 2 is 1.68 bits per heavy atom. The summed E-state index contributed by atoms with van der Waals surface area (Å²) < 4.78 is 13.4. The maximum atomic E-state index is 6.19. The number of rotatable bonds is 7. The third-order valence-corrected chi connectivity index (χ3v) is 4.98. The lowest BCUT2D eigenvalue weighted by molar-refractivity contribution is 0.298. The van der Waals surface area contributed by atoms with Gasteiger partial charge in [-0.3, -0.25) is 0 Å². The summed E-state index contributed by atoms with van der Waals surface area (Å²) in [6.07, 6.45) is 0.741. The molecule has 4 rings (SSSR count). The summed E-state index contributed by atoms with van der Waals surface area (Å²) >= 11 is 6.19. The van der Waals surface area contributed by atoms with Crippen LogP contribution in [0.5, 0.6) is 11.5 Å². The van der Waals surface area contributed by atoms with Gasteiger partial charge in [0.1, 0.15) is 23.9 Å². The summed E-state index contributed by atoms with van der Waals surface area (Å²) in [6, 6.07) is 23.8. The van der Waals surface area contributed by atoms with E-state index in [9.17, 15) is 0 Å². The molecule has 28 heavy (non-hydrogen) atoms. The second-order valence-electron chi connectivity index (χ2n) is 6.47. The Kier molecular flexibility index (Phi) is 5.49. The van der Waals surface area contributed by atoms with Gasteiger partial charge in [-0.2, -0.15) is 0 Å². The first-order valence-electron chi connectivity index (χ1n) is 9.19. The highest BCUT2D eigenvalue weighted by Crippen LogP contribution is 2.24. The fourth-order valence-electron chi connectivity index (χ4n) is 3.24. The van der Waals surface area contributed by atoms with E-state index in [1.165, 1.54) is 5.56 Å². The van der Waals surface area contributed by atoms with Gasteiger partial charge in [0.2, 0.25) is 0 Å². The number of hydrogen-bond acceptors (Lipinski definition) is 3. The predicted molar refractivity (Wildman–Crippen MR) is 112 cm³/mol. The van der Waals surface area contributed by atoms with Gasteiger partial charge in [0, 0.05) is 6.42 Å². The van der Waals surface area contributed by atoms with Crippen molar-refractivity contribution in [2.24, 2.45) is 0 Å². The van der Waals surface area contributed by atoms with E-state index in [0.717, 1.165) is 29.0 Å². The number of imidazole rings is 1. The van der Waals surface area contributed by atoms with Gasteiger partial charge in [0.05, 0.1) is 29.7 Å². The van der Waals surface area contributed by atoms with Crippen molar-refractivity contribution in [3.8, 4) is 11.5 Å². The molecule has 4 aromatic rings. The van der Waals surface area contributed by atoms with E-state index in [-0.39, 0.29) is 0 Å². The van der Waals surface area contributed by atoms with Crippen LogP contribution in [-0.4, -0.2) is 23.3 Å². The van der Waals surface area contributed by atoms with Crippen molar-refractivity contribution in [3.63, 3.8) is 0 Å². The number of aromatic nitrogens is 2. The summed E-state index contributed by atoms with van der Waals surface area (Å²) in [5.74, 6) is 2.56. The number of nitrogens with zero attached hydrogens (tertiary/aromatic N) is 2. The zero-order valence-corrected chi connectivity index (χ0v) is 16.4. The Balaban J connectivity index is 1.57. The molecule has 0 aliphatic rings. The van der Waals surface area contributed by atoms with E-state index in [1.807, 2.05) is 54.6 Å². The third kappa shape index (κ3) is 3.97. The van der Waals surface area contributed by atoms with E-state index < -0.39 is 0 Å². The number of benzene rings is 3. The maximum absolute atomic E-state index is 6.19. The highest BCUT2D eigenvalue weighted by molar-refractivity contribution is 6.32. The first kappa shape index (κ1) is 18.4. The smallest absolute Gasteiger partial charge is 0.137 e. The fraction of sp³-hybridized carbons (Fsp3) is 0.174. The zero-order valence-electron chi connectivity index (χ0n) is 15.6. The Morgan fingerprint density at radius 3 is 2.46 bits per heavy atom. The van der Waals surface area contributed by atoms with Crippen LogP contribution in [0.15, 0.2) is 72.8 Å². The Morgan fingerprint density at radius 1 is 0.929 bits per heavy atom. The van der Waals surface area contributed by atoms with Gasteiger partial charge < -0.3 is 14.0 Å². The lowest BCUT2D eigenvalue weighted by Gasteiger charge is -2.12. The summed E-state index contributed by atoms with van der Waals surface area (Å²) in [7, 11) is 1.67. The van der Waals surface area contributed by atoms with Gasteiger partial charge in [0.15, 0.2) is 0 Å². The molecule has 0 radical (unpaired) electrons. The molecule has 1 heterocycles. The molecule has 1 aromatic heterocycles. The molecule has 0 aliphatic carbocycles.